The first-order valence-electron chi connectivity index (χ1n) is 6.30. The number of thiophene rings is 1. The second-order valence-electron chi connectivity index (χ2n) is 4.54. The largest absolute Gasteiger partial charge is 0.399 e. The lowest BCUT2D eigenvalue weighted by atomic mass is 10.1. The summed E-state index contributed by atoms with van der Waals surface area (Å²) in [5.74, 6) is -0.0779. The van der Waals surface area contributed by atoms with Gasteiger partial charge in [0.1, 0.15) is 0 Å². The van der Waals surface area contributed by atoms with Crippen LogP contribution in [-0.4, -0.2) is 5.91 Å². The van der Waals surface area contributed by atoms with Crippen molar-refractivity contribution in [3.05, 3.63) is 51.2 Å². The summed E-state index contributed by atoms with van der Waals surface area (Å²) in [4.78, 5) is 13.3. The maximum absolute atomic E-state index is 12.1. The topological polar surface area (TPSA) is 55.1 Å². The van der Waals surface area contributed by atoms with Crippen LogP contribution in [0.5, 0.6) is 0 Å². The van der Waals surface area contributed by atoms with Gasteiger partial charge in [0.15, 0.2) is 0 Å². The number of carbonyl (C=O) groups excluding carboxylic acids is 1. The van der Waals surface area contributed by atoms with Crippen LogP contribution in [0.25, 0.3) is 0 Å². The minimum atomic E-state index is -0.0779. The molecule has 0 spiro atoms. The van der Waals surface area contributed by atoms with Crippen LogP contribution in [0.3, 0.4) is 0 Å². The molecule has 0 saturated carbocycles. The van der Waals surface area contributed by atoms with Gasteiger partial charge in [-0.1, -0.05) is 6.92 Å². The third kappa shape index (κ3) is 3.35. The highest BCUT2D eigenvalue weighted by molar-refractivity contribution is 7.10. The molecule has 0 aliphatic rings. The lowest BCUT2D eigenvalue weighted by molar-refractivity contribution is 0.0951. The van der Waals surface area contributed by atoms with E-state index in [4.69, 9.17) is 5.73 Å². The molecular formula is C15H18N2OS. The van der Waals surface area contributed by atoms with Gasteiger partial charge in [-0.3, -0.25) is 4.79 Å². The van der Waals surface area contributed by atoms with Gasteiger partial charge in [-0.15, -0.1) is 11.3 Å². The third-order valence-corrected chi connectivity index (χ3v) is 3.95. The Labute approximate surface area is 117 Å². The quantitative estimate of drug-likeness (QED) is 0.842. The van der Waals surface area contributed by atoms with Crippen LogP contribution in [0, 0.1) is 6.92 Å². The molecule has 19 heavy (non-hydrogen) atoms. The SMILES string of the molecule is CCc1ccsc1CNC(=O)c1cc(C)cc(N)c1. The summed E-state index contributed by atoms with van der Waals surface area (Å²) in [6.07, 6.45) is 0.992. The Bertz CT molecular complexity index is 569. The average Bonchev–Trinajstić information content (AvgIpc) is 2.82. The molecule has 4 heteroatoms. The molecule has 1 aromatic heterocycles. The number of nitrogens with two attached hydrogens (primary N) is 1. The van der Waals surface area contributed by atoms with Gasteiger partial charge in [0.2, 0.25) is 0 Å². The predicted molar refractivity (Wildman–Crippen MR) is 80.5 cm³/mol. The summed E-state index contributed by atoms with van der Waals surface area (Å²) in [6, 6.07) is 7.51. The smallest absolute Gasteiger partial charge is 0.251 e. The van der Waals surface area contributed by atoms with Crippen molar-refractivity contribution in [2.24, 2.45) is 0 Å². The Morgan fingerprint density at radius 2 is 2.16 bits per heavy atom. The molecule has 1 heterocycles. The zero-order valence-corrected chi connectivity index (χ0v) is 12.0. The molecule has 3 N–H and O–H groups in total. The third-order valence-electron chi connectivity index (χ3n) is 2.99. The number of carbonyl (C=O) groups is 1. The van der Waals surface area contributed by atoms with Crippen LogP contribution in [0.4, 0.5) is 5.69 Å². The molecule has 2 rings (SSSR count). The molecule has 0 saturated heterocycles. The van der Waals surface area contributed by atoms with Crippen molar-refractivity contribution in [1.82, 2.24) is 5.32 Å². The Kier molecular flexibility index (Phi) is 4.22. The number of anilines is 1. The fourth-order valence-electron chi connectivity index (χ4n) is 2.04. The van der Waals surface area contributed by atoms with Gasteiger partial charge in [0, 0.05) is 16.1 Å². The first-order valence-corrected chi connectivity index (χ1v) is 7.18. The Morgan fingerprint density at radius 1 is 1.37 bits per heavy atom. The second-order valence-corrected chi connectivity index (χ2v) is 5.54. The van der Waals surface area contributed by atoms with Crippen molar-refractivity contribution in [2.45, 2.75) is 26.8 Å². The molecule has 0 aliphatic carbocycles. The maximum Gasteiger partial charge on any atom is 0.251 e. The van der Waals surface area contributed by atoms with Crippen molar-refractivity contribution in [3.63, 3.8) is 0 Å². The highest BCUT2D eigenvalue weighted by Crippen LogP contribution is 2.17. The number of nitrogens with one attached hydrogen (secondary N) is 1. The molecule has 0 aliphatic heterocycles. The minimum absolute atomic E-state index is 0.0779. The van der Waals surface area contributed by atoms with Crippen molar-refractivity contribution < 1.29 is 4.79 Å². The number of hydrogen-bond acceptors (Lipinski definition) is 3. The van der Waals surface area contributed by atoms with E-state index in [2.05, 4.69) is 23.7 Å². The summed E-state index contributed by atoms with van der Waals surface area (Å²) in [5.41, 5.74) is 9.29. The summed E-state index contributed by atoms with van der Waals surface area (Å²) in [6.45, 7) is 4.63. The van der Waals surface area contributed by atoms with Gasteiger partial charge in [-0.25, -0.2) is 0 Å². The highest BCUT2D eigenvalue weighted by atomic mass is 32.1. The van der Waals surface area contributed by atoms with Crippen LogP contribution in [-0.2, 0) is 13.0 Å². The molecule has 0 bridgehead atoms. The molecule has 3 nitrogen and oxygen atoms in total. The Hall–Kier alpha value is -1.81. The second kappa shape index (κ2) is 5.89. The van der Waals surface area contributed by atoms with Crippen LogP contribution in [0.2, 0.25) is 0 Å². The first-order chi connectivity index (χ1) is 9.10. The molecule has 1 amide bonds. The van der Waals surface area contributed by atoms with E-state index in [-0.39, 0.29) is 5.91 Å². The van der Waals surface area contributed by atoms with Gasteiger partial charge in [0.05, 0.1) is 6.54 Å². The molecule has 0 fully saturated rings. The maximum atomic E-state index is 12.1. The Balaban J connectivity index is 2.05. The standard InChI is InChI=1S/C15H18N2OS/c1-3-11-4-5-19-14(11)9-17-15(18)12-6-10(2)7-13(16)8-12/h4-8H,3,9,16H2,1-2H3,(H,17,18). The van der Waals surface area contributed by atoms with Gasteiger partial charge >= 0.3 is 0 Å². The van der Waals surface area contributed by atoms with Crippen molar-refractivity contribution >= 4 is 22.9 Å². The van der Waals surface area contributed by atoms with Crippen LogP contribution >= 0.6 is 11.3 Å². The van der Waals surface area contributed by atoms with E-state index in [0.717, 1.165) is 12.0 Å². The van der Waals surface area contributed by atoms with Crippen LogP contribution in [0.15, 0.2) is 29.6 Å². The lowest BCUT2D eigenvalue weighted by Crippen LogP contribution is -2.23. The van der Waals surface area contributed by atoms with E-state index in [1.165, 1.54) is 10.4 Å². The summed E-state index contributed by atoms with van der Waals surface area (Å²) in [5, 5.41) is 5.01. The average molecular weight is 274 g/mol. The lowest BCUT2D eigenvalue weighted by Gasteiger charge is -2.07. The monoisotopic (exact) mass is 274 g/mol. The molecule has 0 atom stereocenters. The van der Waals surface area contributed by atoms with Crippen molar-refractivity contribution in [1.29, 1.82) is 0 Å². The number of amides is 1. The van der Waals surface area contributed by atoms with Crippen molar-refractivity contribution in [3.8, 4) is 0 Å². The molecule has 2 aromatic rings. The van der Waals surface area contributed by atoms with Gasteiger partial charge in [-0.05, 0) is 54.1 Å². The van der Waals surface area contributed by atoms with E-state index >= 15 is 0 Å². The fraction of sp³-hybridized carbons (Fsp3) is 0.267. The van der Waals surface area contributed by atoms with Crippen molar-refractivity contribution in [2.75, 3.05) is 5.73 Å². The van der Waals surface area contributed by atoms with E-state index in [1.54, 1.807) is 17.4 Å². The van der Waals surface area contributed by atoms with Gasteiger partial charge in [0.25, 0.3) is 5.91 Å². The number of aryl methyl sites for hydroxylation is 2. The fourth-order valence-corrected chi connectivity index (χ4v) is 2.96. The summed E-state index contributed by atoms with van der Waals surface area (Å²) >= 11 is 1.68. The molecule has 0 unspecified atom stereocenters. The predicted octanol–water partition coefficient (Wildman–Crippen LogP) is 3.13. The van der Waals surface area contributed by atoms with Gasteiger partial charge < -0.3 is 11.1 Å². The summed E-state index contributed by atoms with van der Waals surface area (Å²) in [7, 11) is 0. The van der Waals surface area contributed by atoms with Crippen LogP contribution in [0.1, 0.15) is 33.3 Å². The molecule has 100 valence electrons. The zero-order valence-electron chi connectivity index (χ0n) is 11.2. The molecule has 0 radical (unpaired) electrons. The number of hydrogen-bond donors (Lipinski definition) is 2. The minimum Gasteiger partial charge on any atom is -0.399 e. The summed E-state index contributed by atoms with van der Waals surface area (Å²) < 4.78 is 0. The highest BCUT2D eigenvalue weighted by Gasteiger charge is 2.08. The van der Waals surface area contributed by atoms with Crippen LogP contribution < -0.4 is 11.1 Å². The Morgan fingerprint density at radius 3 is 2.84 bits per heavy atom. The van der Waals surface area contributed by atoms with E-state index < -0.39 is 0 Å². The van der Waals surface area contributed by atoms with Gasteiger partial charge in [-0.2, -0.15) is 0 Å². The van der Waals surface area contributed by atoms with E-state index in [1.807, 2.05) is 19.1 Å². The number of benzene rings is 1. The van der Waals surface area contributed by atoms with E-state index in [9.17, 15) is 4.79 Å². The van der Waals surface area contributed by atoms with E-state index in [0.29, 0.717) is 17.8 Å². The number of rotatable bonds is 4. The molecule has 1 aromatic carbocycles. The normalized spacial score (nSPS) is 10.4. The zero-order chi connectivity index (χ0) is 13.8. The molecular weight excluding hydrogens is 256 g/mol. The first kappa shape index (κ1) is 13.6. The number of nitrogen functional groups attached to an aromatic ring is 1.